The molecule has 0 saturated carbocycles. The Morgan fingerprint density at radius 3 is 2.40 bits per heavy atom. The molecule has 0 aromatic heterocycles. The molecule has 0 heterocycles. The van der Waals surface area contributed by atoms with Gasteiger partial charge in [0.2, 0.25) is 0 Å². The fraction of sp³-hybridized carbons (Fsp3) is 0.308. The predicted octanol–water partition coefficient (Wildman–Crippen LogP) is 2.58. The van der Waals surface area contributed by atoms with Gasteiger partial charge in [-0.05, 0) is 32.4 Å². The van der Waals surface area contributed by atoms with Gasteiger partial charge in [-0.15, -0.1) is 0 Å². The lowest BCUT2D eigenvalue weighted by atomic mass is 10.1. The van der Waals surface area contributed by atoms with E-state index in [1.165, 1.54) is 11.1 Å². The molecule has 0 bridgehead atoms. The van der Waals surface area contributed by atoms with Gasteiger partial charge in [-0.3, -0.25) is 4.79 Å². The third kappa shape index (κ3) is 4.45. The molecule has 0 unspecified atom stereocenters. The summed E-state index contributed by atoms with van der Waals surface area (Å²) in [6.07, 6.45) is 1.61. The largest absolute Gasteiger partial charge is 0.384 e. The second-order valence-corrected chi connectivity index (χ2v) is 3.78. The third-order valence-electron chi connectivity index (χ3n) is 2.11. The van der Waals surface area contributed by atoms with Crippen molar-refractivity contribution in [2.75, 3.05) is 0 Å². The van der Waals surface area contributed by atoms with Crippen molar-refractivity contribution >= 4 is 5.78 Å². The van der Waals surface area contributed by atoms with Crippen LogP contribution in [0, 0.1) is 6.92 Å². The maximum atomic E-state index is 10.8. The van der Waals surface area contributed by atoms with Crippen LogP contribution in [0.1, 0.15) is 25.0 Å². The van der Waals surface area contributed by atoms with Crippen LogP contribution in [0.2, 0.25) is 0 Å². The first-order valence-corrected chi connectivity index (χ1v) is 5.06. The molecule has 0 aliphatic heterocycles. The van der Waals surface area contributed by atoms with Gasteiger partial charge in [0.05, 0.1) is 0 Å². The van der Waals surface area contributed by atoms with Crippen molar-refractivity contribution in [2.24, 2.45) is 0 Å². The van der Waals surface area contributed by atoms with E-state index in [0.29, 0.717) is 0 Å². The molecule has 0 amide bonds. The Bertz CT molecular complexity index is 363. The second kappa shape index (κ2) is 5.35. The number of rotatable bonds is 4. The first kappa shape index (κ1) is 11.5. The highest BCUT2D eigenvalue weighted by atomic mass is 16.1. The van der Waals surface area contributed by atoms with Crippen molar-refractivity contribution in [3.8, 4) is 0 Å². The Morgan fingerprint density at radius 2 is 1.87 bits per heavy atom. The molecule has 0 aliphatic carbocycles. The number of ketones is 1. The molecule has 0 fully saturated rings. The summed E-state index contributed by atoms with van der Waals surface area (Å²) in [6, 6.07) is 8.34. The summed E-state index contributed by atoms with van der Waals surface area (Å²) in [5.74, 6) is 0.0731. The minimum Gasteiger partial charge on any atom is -0.384 e. The van der Waals surface area contributed by atoms with E-state index in [2.05, 4.69) is 36.5 Å². The van der Waals surface area contributed by atoms with E-state index >= 15 is 0 Å². The Morgan fingerprint density at radius 1 is 1.27 bits per heavy atom. The number of hydrogen-bond donors (Lipinski definition) is 1. The number of aryl methyl sites for hydroxylation is 1. The standard InChI is InChI=1S/C13H17NO/c1-10-4-6-13(7-5-10)9-14-11(2)8-12(3)15/h4-8,14H,9H2,1-3H3. The zero-order chi connectivity index (χ0) is 11.3. The fourth-order valence-electron chi connectivity index (χ4n) is 1.30. The van der Waals surface area contributed by atoms with E-state index in [9.17, 15) is 4.79 Å². The predicted molar refractivity (Wildman–Crippen MR) is 62.5 cm³/mol. The maximum Gasteiger partial charge on any atom is 0.154 e. The average Bonchev–Trinajstić information content (AvgIpc) is 2.16. The second-order valence-electron chi connectivity index (χ2n) is 3.78. The number of benzene rings is 1. The molecule has 1 aromatic carbocycles. The quantitative estimate of drug-likeness (QED) is 0.762. The van der Waals surface area contributed by atoms with Crippen molar-refractivity contribution in [1.29, 1.82) is 0 Å². The lowest BCUT2D eigenvalue weighted by molar-refractivity contribution is -0.112. The lowest BCUT2D eigenvalue weighted by Gasteiger charge is -2.06. The first-order valence-electron chi connectivity index (χ1n) is 5.06. The topological polar surface area (TPSA) is 29.1 Å². The van der Waals surface area contributed by atoms with Crippen LogP contribution in [0.15, 0.2) is 36.0 Å². The Labute approximate surface area is 91.0 Å². The van der Waals surface area contributed by atoms with E-state index < -0.39 is 0 Å². The minimum atomic E-state index is 0.0731. The van der Waals surface area contributed by atoms with E-state index in [1.807, 2.05) is 6.92 Å². The summed E-state index contributed by atoms with van der Waals surface area (Å²) in [4.78, 5) is 10.8. The Balaban J connectivity index is 2.50. The monoisotopic (exact) mass is 203 g/mol. The SMILES string of the molecule is CC(=O)C=C(C)NCc1ccc(C)cc1. The normalized spacial score (nSPS) is 11.3. The van der Waals surface area contributed by atoms with Gasteiger partial charge in [-0.1, -0.05) is 29.8 Å². The van der Waals surface area contributed by atoms with Crippen LogP contribution < -0.4 is 5.32 Å². The Hall–Kier alpha value is -1.57. The van der Waals surface area contributed by atoms with Crippen LogP contribution >= 0.6 is 0 Å². The third-order valence-corrected chi connectivity index (χ3v) is 2.11. The van der Waals surface area contributed by atoms with E-state index in [1.54, 1.807) is 13.0 Å². The number of carbonyl (C=O) groups is 1. The zero-order valence-corrected chi connectivity index (χ0v) is 9.50. The molecule has 1 N–H and O–H groups in total. The van der Waals surface area contributed by atoms with Crippen molar-refractivity contribution in [2.45, 2.75) is 27.3 Å². The summed E-state index contributed by atoms with van der Waals surface area (Å²) >= 11 is 0. The van der Waals surface area contributed by atoms with Gasteiger partial charge in [0.1, 0.15) is 0 Å². The smallest absolute Gasteiger partial charge is 0.154 e. The first-order chi connectivity index (χ1) is 7.08. The van der Waals surface area contributed by atoms with Crippen LogP contribution in [-0.2, 0) is 11.3 Å². The lowest BCUT2D eigenvalue weighted by Crippen LogP contribution is -2.11. The van der Waals surface area contributed by atoms with Gasteiger partial charge in [-0.2, -0.15) is 0 Å². The van der Waals surface area contributed by atoms with Gasteiger partial charge in [0, 0.05) is 12.2 Å². The number of allylic oxidation sites excluding steroid dienone is 2. The van der Waals surface area contributed by atoms with E-state index in [-0.39, 0.29) is 5.78 Å². The minimum absolute atomic E-state index is 0.0731. The maximum absolute atomic E-state index is 10.8. The van der Waals surface area contributed by atoms with Crippen LogP contribution in [0.25, 0.3) is 0 Å². The molecular weight excluding hydrogens is 186 g/mol. The summed E-state index contributed by atoms with van der Waals surface area (Å²) < 4.78 is 0. The van der Waals surface area contributed by atoms with Gasteiger partial charge >= 0.3 is 0 Å². The highest BCUT2D eigenvalue weighted by Crippen LogP contribution is 2.03. The molecule has 0 atom stereocenters. The van der Waals surface area contributed by atoms with Crippen LogP contribution in [-0.4, -0.2) is 5.78 Å². The summed E-state index contributed by atoms with van der Waals surface area (Å²) in [5, 5.41) is 3.19. The number of hydrogen-bond acceptors (Lipinski definition) is 2. The molecule has 0 saturated heterocycles. The average molecular weight is 203 g/mol. The number of carbonyl (C=O) groups excluding carboxylic acids is 1. The van der Waals surface area contributed by atoms with Crippen molar-refractivity contribution in [3.63, 3.8) is 0 Å². The van der Waals surface area contributed by atoms with Gasteiger partial charge in [-0.25, -0.2) is 0 Å². The van der Waals surface area contributed by atoms with Crippen molar-refractivity contribution in [3.05, 3.63) is 47.2 Å². The van der Waals surface area contributed by atoms with Gasteiger partial charge in [0.25, 0.3) is 0 Å². The molecule has 15 heavy (non-hydrogen) atoms. The molecule has 0 spiro atoms. The van der Waals surface area contributed by atoms with Gasteiger partial charge < -0.3 is 5.32 Å². The van der Waals surface area contributed by atoms with Crippen molar-refractivity contribution < 1.29 is 4.79 Å². The summed E-state index contributed by atoms with van der Waals surface area (Å²) in [5.41, 5.74) is 3.38. The fourth-order valence-corrected chi connectivity index (χ4v) is 1.30. The summed E-state index contributed by atoms with van der Waals surface area (Å²) in [6.45, 7) is 6.28. The van der Waals surface area contributed by atoms with Crippen molar-refractivity contribution in [1.82, 2.24) is 5.32 Å². The van der Waals surface area contributed by atoms with Crippen LogP contribution in [0.3, 0.4) is 0 Å². The molecule has 80 valence electrons. The highest BCUT2D eigenvalue weighted by molar-refractivity contribution is 5.87. The zero-order valence-electron chi connectivity index (χ0n) is 9.50. The summed E-state index contributed by atoms with van der Waals surface area (Å²) in [7, 11) is 0. The molecule has 1 rings (SSSR count). The Kier molecular flexibility index (Phi) is 4.10. The van der Waals surface area contributed by atoms with Crippen LogP contribution in [0.4, 0.5) is 0 Å². The molecule has 2 nitrogen and oxygen atoms in total. The molecule has 0 radical (unpaired) electrons. The number of nitrogens with one attached hydrogen (secondary N) is 1. The van der Waals surface area contributed by atoms with Gasteiger partial charge in [0.15, 0.2) is 5.78 Å². The van der Waals surface area contributed by atoms with E-state index in [0.717, 1.165) is 12.2 Å². The molecule has 0 aliphatic rings. The highest BCUT2D eigenvalue weighted by Gasteiger charge is 1.93. The van der Waals surface area contributed by atoms with Crippen LogP contribution in [0.5, 0.6) is 0 Å². The molecule has 1 aromatic rings. The molecule has 2 heteroatoms. The van der Waals surface area contributed by atoms with E-state index in [4.69, 9.17) is 0 Å². The molecular formula is C13H17NO.